The van der Waals surface area contributed by atoms with Crippen molar-refractivity contribution in [2.45, 2.75) is 24.2 Å². The second-order valence-corrected chi connectivity index (χ2v) is 6.97. The van der Waals surface area contributed by atoms with E-state index in [0.717, 1.165) is 23.7 Å². The number of nitrogens with two attached hydrogens (primary N) is 1. The number of nitrogens with zero attached hydrogens (tertiary/aromatic N) is 1. The van der Waals surface area contributed by atoms with Gasteiger partial charge < -0.3 is 5.73 Å². The zero-order chi connectivity index (χ0) is 12.5. The van der Waals surface area contributed by atoms with E-state index >= 15 is 0 Å². The summed E-state index contributed by atoms with van der Waals surface area (Å²) in [7, 11) is -3.44. The molecule has 0 unspecified atom stereocenters. The molecule has 4 nitrogen and oxygen atoms in total. The summed E-state index contributed by atoms with van der Waals surface area (Å²) in [6.07, 6.45) is 2.94. The third kappa shape index (κ3) is 2.64. The van der Waals surface area contributed by atoms with E-state index in [4.69, 9.17) is 5.73 Å². The molecule has 6 heteroatoms. The molecule has 0 spiro atoms. The Morgan fingerprint density at radius 3 is 2.47 bits per heavy atom. The van der Waals surface area contributed by atoms with Gasteiger partial charge in [0.15, 0.2) is 0 Å². The van der Waals surface area contributed by atoms with Gasteiger partial charge in [0.05, 0.1) is 5.69 Å². The lowest BCUT2D eigenvalue weighted by Gasteiger charge is -2.26. The first-order valence-electron chi connectivity index (χ1n) is 5.57. The van der Waals surface area contributed by atoms with Gasteiger partial charge in [0, 0.05) is 17.6 Å². The number of sulfonamides is 1. The first kappa shape index (κ1) is 12.9. The SMILES string of the molecule is Nc1ccc(Br)cc1S(=O)(=O)N1CCCCC1. The maximum Gasteiger partial charge on any atom is 0.245 e. The summed E-state index contributed by atoms with van der Waals surface area (Å²) < 4.78 is 27.0. The monoisotopic (exact) mass is 318 g/mol. The van der Waals surface area contributed by atoms with Gasteiger partial charge in [-0.05, 0) is 31.0 Å². The zero-order valence-electron chi connectivity index (χ0n) is 9.39. The zero-order valence-corrected chi connectivity index (χ0v) is 11.8. The van der Waals surface area contributed by atoms with Crippen molar-refractivity contribution < 1.29 is 8.42 Å². The number of halogens is 1. The minimum Gasteiger partial charge on any atom is -0.398 e. The largest absolute Gasteiger partial charge is 0.398 e. The van der Waals surface area contributed by atoms with Crippen LogP contribution in [0, 0.1) is 0 Å². The van der Waals surface area contributed by atoms with Crippen molar-refractivity contribution in [2.75, 3.05) is 18.8 Å². The third-order valence-corrected chi connectivity index (χ3v) is 5.36. The van der Waals surface area contributed by atoms with E-state index in [9.17, 15) is 8.42 Å². The van der Waals surface area contributed by atoms with Crippen LogP contribution < -0.4 is 5.73 Å². The van der Waals surface area contributed by atoms with Crippen molar-refractivity contribution in [3.8, 4) is 0 Å². The summed E-state index contributed by atoms with van der Waals surface area (Å²) in [5, 5.41) is 0. The highest BCUT2D eigenvalue weighted by Gasteiger charge is 2.27. The minimum atomic E-state index is -3.44. The Labute approximate surface area is 110 Å². The van der Waals surface area contributed by atoms with E-state index < -0.39 is 10.0 Å². The normalized spacial score (nSPS) is 18.2. The van der Waals surface area contributed by atoms with Crippen molar-refractivity contribution in [1.82, 2.24) is 4.31 Å². The average molecular weight is 319 g/mol. The summed E-state index contributed by atoms with van der Waals surface area (Å²) in [6.45, 7) is 1.18. The number of hydrogen-bond donors (Lipinski definition) is 1. The molecule has 1 heterocycles. The van der Waals surface area contributed by atoms with Crippen molar-refractivity contribution in [2.24, 2.45) is 0 Å². The molecule has 0 bridgehead atoms. The number of rotatable bonds is 2. The first-order valence-corrected chi connectivity index (χ1v) is 7.80. The van der Waals surface area contributed by atoms with Crippen LogP contribution >= 0.6 is 15.9 Å². The molecular formula is C11H15BrN2O2S. The summed E-state index contributed by atoms with van der Waals surface area (Å²) in [6, 6.07) is 4.92. The number of nitrogen functional groups attached to an aromatic ring is 1. The second-order valence-electron chi connectivity index (χ2n) is 4.15. The van der Waals surface area contributed by atoms with Crippen molar-refractivity contribution in [3.05, 3.63) is 22.7 Å². The molecule has 0 aromatic heterocycles. The minimum absolute atomic E-state index is 0.203. The Morgan fingerprint density at radius 1 is 1.18 bits per heavy atom. The number of piperidine rings is 1. The topological polar surface area (TPSA) is 63.4 Å². The highest BCUT2D eigenvalue weighted by Crippen LogP contribution is 2.27. The van der Waals surface area contributed by atoms with Crippen LogP contribution in [0.3, 0.4) is 0 Å². The maximum absolute atomic E-state index is 12.4. The van der Waals surface area contributed by atoms with Crippen LogP contribution in [0.1, 0.15) is 19.3 Å². The number of benzene rings is 1. The van der Waals surface area contributed by atoms with E-state index in [1.165, 1.54) is 4.31 Å². The summed E-state index contributed by atoms with van der Waals surface area (Å²) in [5.41, 5.74) is 6.06. The molecule has 0 amide bonds. The Morgan fingerprint density at radius 2 is 1.82 bits per heavy atom. The quantitative estimate of drug-likeness (QED) is 0.850. The number of anilines is 1. The Bertz CT molecular complexity index is 510. The number of hydrogen-bond acceptors (Lipinski definition) is 3. The lowest BCUT2D eigenvalue weighted by atomic mass is 10.2. The molecule has 1 aliphatic heterocycles. The summed E-state index contributed by atoms with van der Waals surface area (Å²) in [4.78, 5) is 0.203. The molecule has 0 aliphatic carbocycles. The highest BCUT2D eigenvalue weighted by molar-refractivity contribution is 9.10. The van der Waals surface area contributed by atoms with Gasteiger partial charge >= 0.3 is 0 Å². The molecule has 17 heavy (non-hydrogen) atoms. The van der Waals surface area contributed by atoms with Gasteiger partial charge in [-0.15, -0.1) is 0 Å². The molecule has 0 atom stereocenters. The molecule has 0 radical (unpaired) electrons. The average Bonchev–Trinajstić information content (AvgIpc) is 2.33. The van der Waals surface area contributed by atoms with Crippen LogP contribution in [0.2, 0.25) is 0 Å². The van der Waals surface area contributed by atoms with Gasteiger partial charge in [0.25, 0.3) is 0 Å². The van der Waals surface area contributed by atoms with Gasteiger partial charge in [0.2, 0.25) is 10.0 Å². The smallest absolute Gasteiger partial charge is 0.245 e. The Hall–Kier alpha value is -0.590. The molecule has 1 aliphatic rings. The maximum atomic E-state index is 12.4. The Kier molecular flexibility index (Phi) is 3.75. The van der Waals surface area contributed by atoms with Gasteiger partial charge in [0.1, 0.15) is 4.90 Å². The van der Waals surface area contributed by atoms with Crippen molar-refractivity contribution in [1.29, 1.82) is 0 Å². The van der Waals surface area contributed by atoms with E-state index in [2.05, 4.69) is 15.9 Å². The van der Waals surface area contributed by atoms with Crippen LogP contribution in [0.25, 0.3) is 0 Å². The highest BCUT2D eigenvalue weighted by atomic mass is 79.9. The van der Waals surface area contributed by atoms with Crippen LogP contribution in [-0.4, -0.2) is 25.8 Å². The predicted octanol–water partition coefficient (Wildman–Crippen LogP) is 2.21. The molecule has 1 aromatic rings. The predicted molar refractivity (Wildman–Crippen MR) is 71.2 cm³/mol. The Balaban J connectivity index is 2.40. The van der Waals surface area contributed by atoms with E-state index in [0.29, 0.717) is 18.8 Å². The third-order valence-electron chi connectivity index (χ3n) is 2.91. The van der Waals surface area contributed by atoms with Crippen LogP contribution in [0.15, 0.2) is 27.6 Å². The summed E-state index contributed by atoms with van der Waals surface area (Å²) >= 11 is 3.27. The standard InChI is InChI=1S/C11H15BrN2O2S/c12-9-4-5-10(13)11(8-9)17(15,16)14-6-2-1-3-7-14/h4-5,8H,1-3,6-7,13H2. The lowest BCUT2D eigenvalue weighted by molar-refractivity contribution is 0.347. The fourth-order valence-corrected chi connectivity index (χ4v) is 4.15. The molecule has 1 aromatic carbocycles. The van der Waals surface area contributed by atoms with Crippen molar-refractivity contribution >= 4 is 31.6 Å². The van der Waals surface area contributed by atoms with Gasteiger partial charge in [-0.25, -0.2) is 8.42 Å². The lowest BCUT2D eigenvalue weighted by Crippen LogP contribution is -2.35. The fourth-order valence-electron chi connectivity index (χ4n) is 1.98. The van der Waals surface area contributed by atoms with E-state index in [-0.39, 0.29) is 4.90 Å². The van der Waals surface area contributed by atoms with Crippen LogP contribution in [-0.2, 0) is 10.0 Å². The molecule has 94 valence electrons. The molecule has 0 saturated carbocycles. The molecule has 1 saturated heterocycles. The summed E-state index contributed by atoms with van der Waals surface area (Å²) in [5.74, 6) is 0. The fraction of sp³-hybridized carbons (Fsp3) is 0.455. The van der Waals surface area contributed by atoms with Crippen LogP contribution in [0.5, 0.6) is 0 Å². The van der Waals surface area contributed by atoms with Gasteiger partial charge in [-0.2, -0.15) is 4.31 Å². The molecule has 1 fully saturated rings. The van der Waals surface area contributed by atoms with E-state index in [1.807, 2.05) is 0 Å². The van der Waals surface area contributed by atoms with Gasteiger partial charge in [-0.1, -0.05) is 22.4 Å². The second kappa shape index (κ2) is 4.96. The van der Waals surface area contributed by atoms with Crippen molar-refractivity contribution in [3.63, 3.8) is 0 Å². The molecule has 2 N–H and O–H groups in total. The van der Waals surface area contributed by atoms with Gasteiger partial charge in [-0.3, -0.25) is 0 Å². The van der Waals surface area contributed by atoms with E-state index in [1.54, 1.807) is 18.2 Å². The molecule has 2 rings (SSSR count). The molecular weight excluding hydrogens is 304 g/mol. The first-order chi connectivity index (χ1) is 8.01. The van der Waals surface area contributed by atoms with Crippen LogP contribution in [0.4, 0.5) is 5.69 Å².